The highest BCUT2D eigenvalue weighted by Crippen LogP contribution is 2.35. The number of rotatable bonds is 4. The summed E-state index contributed by atoms with van der Waals surface area (Å²) in [5, 5.41) is 3.44. The van der Waals surface area contributed by atoms with Crippen LogP contribution in [0.4, 0.5) is 0 Å². The zero-order chi connectivity index (χ0) is 17.3. The van der Waals surface area contributed by atoms with Gasteiger partial charge in [-0.2, -0.15) is 0 Å². The van der Waals surface area contributed by atoms with Crippen LogP contribution in [0.15, 0.2) is 30.3 Å². The van der Waals surface area contributed by atoms with Crippen LogP contribution in [0.1, 0.15) is 31.7 Å². The van der Waals surface area contributed by atoms with Crippen molar-refractivity contribution in [3.63, 3.8) is 0 Å². The van der Waals surface area contributed by atoms with Crippen molar-refractivity contribution in [1.29, 1.82) is 0 Å². The number of hydrogen-bond acceptors (Lipinski definition) is 4. The number of nitrogens with zero attached hydrogens (tertiary/aromatic N) is 1. The largest absolute Gasteiger partial charge is 0.341 e. The Labute approximate surface area is 162 Å². The lowest BCUT2D eigenvalue weighted by molar-refractivity contribution is -0.133. The van der Waals surface area contributed by atoms with Gasteiger partial charge in [0.15, 0.2) is 0 Å². The molecule has 3 saturated heterocycles. The molecule has 1 amide bonds. The number of nitrogens with one attached hydrogen (secondary N) is 3. The average molecular weight is 379 g/mol. The molecule has 3 aliphatic rings. The molecule has 1 aromatic rings. The quantitative estimate of drug-likeness (QED) is 0.747. The molecule has 1 aromatic carbocycles. The first-order valence-electron chi connectivity index (χ1n) is 9.69. The molecule has 4 rings (SSSR count). The lowest BCUT2D eigenvalue weighted by Gasteiger charge is -2.30. The third-order valence-electron chi connectivity index (χ3n) is 6.38. The van der Waals surface area contributed by atoms with Crippen LogP contribution in [-0.4, -0.2) is 49.1 Å². The number of hydrazine groups is 1. The summed E-state index contributed by atoms with van der Waals surface area (Å²) >= 11 is 0. The molecule has 0 spiro atoms. The molecule has 26 heavy (non-hydrogen) atoms. The molecule has 0 aliphatic carbocycles. The van der Waals surface area contributed by atoms with Crippen molar-refractivity contribution in [2.45, 2.75) is 44.7 Å². The van der Waals surface area contributed by atoms with Crippen LogP contribution in [0.25, 0.3) is 0 Å². The number of carbonyl (C=O) groups excluding carboxylic acids is 1. The fraction of sp³-hybridized carbons (Fsp3) is 0.650. The van der Waals surface area contributed by atoms with E-state index in [-0.39, 0.29) is 29.8 Å². The number of halogens is 1. The molecule has 0 radical (unpaired) electrons. The molecular weight excluding hydrogens is 348 g/mol. The molecule has 4 atom stereocenters. The van der Waals surface area contributed by atoms with Crippen molar-refractivity contribution < 1.29 is 4.79 Å². The summed E-state index contributed by atoms with van der Waals surface area (Å²) in [5.74, 6) is 0.657. The lowest BCUT2D eigenvalue weighted by Crippen LogP contribution is -2.50. The van der Waals surface area contributed by atoms with Crippen molar-refractivity contribution in [1.82, 2.24) is 21.1 Å². The Morgan fingerprint density at radius 2 is 2.08 bits per heavy atom. The molecule has 3 N–H and O–H groups in total. The number of fused-ring (bicyclic) bond motifs is 1. The van der Waals surface area contributed by atoms with E-state index in [0.717, 1.165) is 51.9 Å². The number of hydrogen-bond donors (Lipinski definition) is 3. The SMILES string of the molecule is CC1(CCc2ccccc2)CCN(C(=O)C2NNC3CCNCC32)C1.Cl. The highest BCUT2D eigenvalue weighted by Gasteiger charge is 2.45. The van der Waals surface area contributed by atoms with E-state index in [9.17, 15) is 4.79 Å². The lowest BCUT2D eigenvalue weighted by atomic mass is 9.83. The summed E-state index contributed by atoms with van der Waals surface area (Å²) in [6, 6.07) is 11.0. The maximum atomic E-state index is 13.1. The van der Waals surface area contributed by atoms with Gasteiger partial charge in [0.2, 0.25) is 5.91 Å². The fourth-order valence-corrected chi connectivity index (χ4v) is 4.66. The van der Waals surface area contributed by atoms with E-state index in [1.165, 1.54) is 5.56 Å². The second-order valence-electron chi connectivity index (χ2n) is 8.34. The Kier molecular flexibility index (Phi) is 6.23. The first-order chi connectivity index (χ1) is 12.1. The molecule has 0 aromatic heterocycles. The second-order valence-corrected chi connectivity index (χ2v) is 8.34. The minimum absolute atomic E-state index is 0. The van der Waals surface area contributed by atoms with Crippen molar-refractivity contribution in [3.8, 4) is 0 Å². The maximum Gasteiger partial charge on any atom is 0.241 e. The molecule has 3 fully saturated rings. The highest BCUT2D eigenvalue weighted by molar-refractivity contribution is 5.85. The first-order valence-corrected chi connectivity index (χ1v) is 9.69. The van der Waals surface area contributed by atoms with Crippen molar-refractivity contribution >= 4 is 18.3 Å². The van der Waals surface area contributed by atoms with Gasteiger partial charge < -0.3 is 10.2 Å². The van der Waals surface area contributed by atoms with E-state index < -0.39 is 0 Å². The molecule has 3 aliphatic heterocycles. The smallest absolute Gasteiger partial charge is 0.241 e. The summed E-state index contributed by atoms with van der Waals surface area (Å²) < 4.78 is 0. The zero-order valence-corrected chi connectivity index (χ0v) is 16.4. The Morgan fingerprint density at radius 3 is 2.88 bits per heavy atom. The second kappa shape index (κ2) is 8.26. The van der Waals surface area contributed by atoms with Gasteiger partial charge in [-0.3, -0.25) is 10.2 Å². The van der Waals surface area contributed by atoms with Crippen LogP contribution in [0.3, 0.4) is 0 Å². The van der Waals surface area contributed by atoms with Gasteiger partial charge in [0.05, 0.1) is 0 Å². The van der Waals surface area contributed by atoms with Crippen LogP contribution in [0.5, 0.6) is 0 Å². The summed E-state index contributed by atoms with van der Waals surface area (Å²) in [6.45, 7) is 6.10. The molecule has 4 unspecified atom stereocenters. The van der Waals surface area contributed by atoms with Gasteiger partial charge in [-0.15, -0.1) is 12.4 Å². The summed E-state index contributed by atoms with van der Waals surface area (Å²) in [7, 11) is 0. The Morgan fingerprint density at radius 1 is 1.27 bits per heavy atom. The van der Waals surface area contributed by atoms with E-state index in [4.69, 9.17) is 0 Å². The van der Waals surface area contributed by atoms with Crippen LogP contribution < -0.4 is 16.2 Å². The van der Waals surface area contributed by atoms with Gasteiger partial charge >= 0.3 is 0 Å². The third-order valence-corrected chi connectivity index (χ3v) is 6.38. The molecule has 6 heteroatoms. The Balaban J connectivity index is 0.00000196. The molecular formula is C20H31ClN4O. The van der Waals surface area contributed by atoms with Crippen molar-refractivity contribution in [3.05, 3.63) is 35.9 Å². The number of piperidine rings is 1. The van der Waals surface area contributed by atoms with Gasteiger partial charge in [0.25, 0.3) is 0 Å². The van der Waals surface area contributed by atoms with Gasteiger partial charge in [-0.25, -0.2) is 5.43 Å². The summed E-state index contributed by atoms with van der Waals surface area (Å²) in [6.07, 6.45) is 4.44. The van der Waals surface area contributed by atoms with Crippen molar-refractivity contribution in [2.24, 2.45) is 11.3 Å². The van der Waals surface area contributed by atoms with Crippen LogP contribution in [-0.2, 0) is 11.2 Å². The predicted molar refractivity (Wildman–Crippen MR) is 106 cm³/mol. The number of likely N-dealkylation sites (tertiary alicyclic amines) is 1. The fourth-order valence-electron chi connectivity index (χ4n) is 4.66. The van der Waals surface area contributed by atoms with Crippen molar-refractivity contribution in [2.75, 3.05) is 26.2 Å². The van der Waals surface area contributed by atoms with E-state index in [1.54, 1.807) is 0 Å². The van der Waals surface area contributed by atoms with Gasteiger partial charge in [0, 0.05) is 31.6 Å². The number of carbonyl (C=O) groups is 1. The van der Waals surface area contributed by atoms with Gasteiger partial charge in [0.1, 0.15) is 6.04 Å². The molecule has 0 saturated carbocycles. The number of amides is 1. The average Bonchev–Trinajstić information content (AvgIpc) is 3.25. The maximum absolute atomic E-state index is 13.1. The van der Waals surface area contributed by atoms with Crippen LogP contribution in [0, 0.1) is 11.3 Å². The monoisotopic (exact) mass is 378 g/mol. The third kappa shape index (κ3) is 4.06. The molecule has 5 nitrogen and oxygen atoms in total. The molecule has 0 bridgehead atoms. The van der Waals surface area contributed by atoms with Crippen LogP contribution >= 0.6 is 12.4 Å². The topological polar surface area (TPSA) is 56.4 Å². The number of benzene rings is 1. The van der Waals surface area contributed by atoms with E-state index >= 15 is 0 Å². The van der Waals surface area contributed by atoms with Gasteiger partial charge in [-0.1, -0.05) is 37.3 Å². The van der Waals surface area contributed by atoms with E-state index in [1.807, 2.05) is 0 Å². The normalized spacial score (nSPS) is 33.6. The van der Waals surface area contributed by atoms with Crippen LogP contribution in [0.2, 0.25) is 0 Å². The van der Waals surface area contributed by atoms with E-state index in [2.05, 4.69) is 58.3 Å². The predicted octanol–water partition coefficient (Wildman–Crippen LogP) is 1.73. The van der Waals surface area contributed by atoms with Gasteiger partial charge in [-0.05, 0) is 43.2 Å². The minimum Gasteiger partial charge on any atom is -0.341 e. The minimum atomic E-state index is -0.0747. The molecule has 3 heterocycles. The standard InChI is InChI=1S/C20H30N4O.ClH/c1-20(9-7-15-5-3-2-4-6-15)10-12-24(14-20)19(25)18-16-13-21-11-8-17(16)22-23-18;/h2-6,16-18,21-23H,7-14H2,1H3;1H. The zero-order valence-electron chi connectivity index (χ0n) is 15.5. The Bertz CT molecular complexity index is 613. The highest BCUT2D eigenvalue weighted by atomic mass is 35.5. The first kappa shape index (κ1) is 19.6. The summed E-state index contributed by atoms with van der Waals surface area (Å²) in [4.78, 5) is 15.2. The molecule has 144 valence electrons. The number of aryl methyl sites for hydroxylation is 1. The Hall–Kier alpha value is -1.14. The summed E-state index contributed by atoms with van der Waals surface area (Å²) in [5.41, 5.74) is 8.25. The van der Waals surface area contributed by atoms with E-state index in [0.29, 0.717) is 12.0 Å².